The Balaban J connectivity index is 2.12. The van der Waals surface area contributed by atoms with E-state index >= 15 is 0 Å². The fraction of sp³-hybridized carbons (Fsp3) is 0.833. The van der Waals surface area contributed by atoms with Crippen molar-refractivity contribution in [3.05, 3.63) is 0 Å². The van der Waals surface area contributed by atoms with Gasteiger partial charge < -0.3 is 5.11 Å². The van der Waals surface area contributed by atoms with Crippen LogP contribution in [0.5, 0.6) is 0 Å². The first kappa shape index (κ1) is 9.09. The highest BCUT2D eigenvalue weighted by Crippen LogP contribution is 2.51. The summed E-state index contributed by atoms with van der Waals surface area (Å²) in [4.78, 5) is 0. The summed E-state index contributed by atoms with van der Waals surface area (Å²) < 4.78 is 0. The fourth-order valence-corrected chi connectivity index (χ4v) is 3.23. The molecule has 0 aromatic carbocycles. The Kier molecular flexibility index (Phi) is 2.12. The van der Waals surface area contributed by atoms with Crippen LogP contribution < -0.4 is 0 Å². The molecule has 13 heavy (non-hydrogen) atoms. The van der Waals surface area contributed by atoms with E-state index in [1.54, 1.807) is 0 Å². The molecule has 0 amide bonds. The van der Waals surface area contributed by atoms with Crippen LogP contribution in [0.1, 0.15) is 51.4 Å². The third-order valence-electron chi connectivity index (χ3n) is 3.90. The molecule has 0 bridgehead atoms. The fourth-order valence-electron chi connectivity index (χ4n) is 3.23. The standard InChI is InChI=1S/C12H18O/c1-2-12(13)9-5-8-11(10-12)6-3-4-7-11/h1,13H,3-10H2. The molecule has 1 unspecified atom stereocenters. The van der Waals surface area contributed by atoms with Gasteiger partial charge >= 0.3 is 0 Å². The zero-order valence-electron chi connectivity index (χ0n) is 8.18. The van der Waals surface area contributed by atoms with Crippen molar-refractivity contribution in [2.24, 2.45) is 5.41 Å². The average Bonchev–Trinajstić information content (AvgIpc) is 2.53. The van der Waals surface area contributed by atoms with Gasteiger partial charge in [-0.2, -0.15) is 0 Å². The van der Waals surface area contributed by atoms with Gasteiger partial charge in [0, 0.05) is 0 Å². The molecule has 1 nitrogen and oxygen atoms in total. The summed E-state index contributed by atoms with van der Waals surface area (Å²) in [6, 6.07) is 0. The van der Waals surface area contributed by atoms with Gasteiger partial charge in [-0.3, -0.25) is 0 Å². The van der Waals surface area contributed by atoms with Crippen molar-refractivity contribution in [2.45, 2.75) is 57.0 Å². The van der Waals surface area contributed by atoms with Crippen LogP contribution in [0, 0.1) is 17.8 Å². The number of terminal acetylenes is 1. The van der Waals surface area contributed by atoms with E-state index in [9.17, 15) is 5.11 Å². The third kappa shape index (κ3) is 1.60. The highest BCUT2D eigenvalue weighted by molar-refractivity contribution is 5.12. The van der Waals surface area contributed by atoms with Gasteiger partial charge in [0.1, 0.15) is 5.60 Å². The second-order valence-electron chi connectivity index (χ2n) is 4.91. The number of hydrogen-bond donors (Lipinski definition) is 1. The van der Waals surface area contributed by atoms with E-state index in [1.165, 1.54) is 32.1 Å². The van der Waals surface area contributed by atoms with Gasteiger partial charge in [-0.1, -0.05) is 18.8 Å². The lowest BCUT2D eigenvalue weighted by Crippen LogP contribution is -2.39. The summed E-state index contributed by atoms with van der Waals surface area (Å²) in [6.45, 7) is 0. The first-order valence-electron chi connectivity index (χ1n) is 5.38. The second-order valence-corrected chi connectivity index (χ2v) is 4.91. The Labute approximate surface area is 80.5 Å². The molecule has 0 saturated heterocycles. The van der Waals surface area contributed by atoms with Crippen LogP contribution >= 0.6 is 0 Å². The summed E-state index contributed by atoms with van der Waals surface area (Å²) in [7, 11) is 0. The van der Waals surface area contributed by atoms with E-state index in [-0.39, 0.29) is 0 Å². The number of rotatable bonds is 0. The molecular formula is C12H18O. The van der Waals surface area contributed by atoms with Gasteiger partial charge in [0.2, 0.25) is 0 Å². The molecule has 2 aliphatic rings. The molecule has 1 atom stereocenters. The van der Waals surface area contributed by atoms with Crippen LogP contribution in [0.3, 0.4) is 0 Å². The van der Waals surface area contributed by atoms with E-state index in [2.05, 4.69) is 5.92 Å². The Morgan fingerprint density at radius 2 is 1.62 bits per heavy atom. The van der Waals surface area contributed by atoms with E-state index in [1.807, 2.05) is 0 Å². The van der Waals surface area contributed by atoms with Crippen molar-refractivity contribution in [1.29, 1.82) is 0 Å². The molecule has 1 spiro atoms. The van der Waals surface area contributed by atoms with Crippen molar-refractivity contribution < 1.29 is 5.11 Å². The summed E-state index contributed by atoms with van der Waals surface area (Å²) in [6.07, 6.45) is 14.7. The topological polar surface area (TPSA) is 20.2 Å². The predicted octanol–water partition coefficient (Wildman–Crippen LogP) is 2.49. The molecule has 0 aromatic rings. The monoisotopic (exact) mass is 178 g/mol. The smallest absolute Gasteiger partial charge is 0.125 e. The zero-order chi connectivity index (χ0) is 9.36. The van der Waals surface area contributed by atoms with Crippen molar-refractivity contribution >= 4 is 0 Å². The molecule has 1 N–H and O–H groups in total. The lowest BCUT2D eigenvalue weighted by atomic mass is 9.67. The van der Waals surface area contributed by atoms with Crippen molar-refractivity contribution in [3.8, 4) is 12.3 Å². The van der Waals surface area contributed by atoms with E-state index in [4.69, 9.17) is 6.42 Å². The molecule has 2 aliphatic carbocycles. The maximum atomic E-state index is 10.1. The lowest BCUT2D eigenvalue weighted by molar-refractivity contribution is -0.00276. The molecular weight excluding hydrogens is 160 g/mol. The van der Waals surface area contributed by atoms with E-state index in [0.29, 0.717) is 5.41 Å². The minimum Gasteiger partial charge on any atom is -0.378 e. The quantitative estimate of drug-likeness (QED) is 0.565. The molecule has 2 rings (SSSR count). The van der Waals surface area contributed by atoms with Crippen LogP contribution in [-0.4, -0.2) is 10.7 Å². The summed E-state index contributed by atoms with van der Waals surface area (Å²) in [5.74, 6) is 2.59. The Bertz CT molecular complexity index is 232. The maximum Gasteiger partial charge on any atom is 0.125 e. The molecule has 2 fully saturated rings. The lowest BCUT2D eigenvalue weighted by Gasteiger charge is -2.40. The van der Waals surface area contributed by atoms with Crippen molar-refractivity contribution in [1.82, 2.24) is 0 Å². The molecule has 2 saturated carbocycles. The number of hydrogen-bond acceptors (Lipinski definition) is 1. The Hall–Kier alpha value is -0.480. The van der Waals surface area contributed by atoms with Gasteiger partial charge in [-0.05, 0) is 43.9 Å². The summed E-state index contributed by atoms with van der Waals surface area (Å²) in [5, 5.41) is 10.1. The average molecular weight is 178 g/mol. The van der Waals surface area contributed by atoms with Gasteiger partial charge in [-0.15, -0.1) is 6.42 Å². The van der Waals surface area contributed by atoms with E-state index < -0.39 is 5.60 Å². The normalized spacial score (nSPS) is 37.5. The van der Waals surface area contributed by atoms with Gasteiger partial charge in [0.05, 0.1) is 0 Å². The molecule has 72 valence electrons. The SMILES string of the molecule is C#CC1(O)CCCC2(CCCC2)C1. The minimum atomic E-state index is -0.775. The van der Waals surface area contributed by atoms with Crippen LogP contribution in [0.2, 0.25) is 0 Å². The van der Waals surface area contributed by atoms with Gasteiger partial charge in [0.15, 0.2) is 0 Å². The number of aliphatic hydroxyl groups is 1. The van der Waals surface area contributed by atoms with Crippen LogP contribution in [0.15, 0.2) is 0 Å². The predicted molar refractivity (Wildman–Crippen MR) is 53.2 cm³/mol. The van der Waals surface area contributed by atoms with Crippen LogP contribution in [0.25, 0.3) is 0 Å². The van der Waals surface area contributed by atoms with Crippen molar-refractivity contribution in [2.75, 3.05) is 0 Å². The largest absolute Gasteiger partial charge is 0.378 e. The molecule has 0 aromatic heterocycles. The first-order valence-corrected chi connectivity index (χ1v) is 5.38. The van der Waals surface area contributed by atoms with Gasteiger partial charge in [-0.25, -0.2) is 0 Å². The van der Waals surface area contributed by atoms with E-state index in [0.717, 1.165) is 19.3 Å². The maximum absolute atomic E-state index is 10.1. The molecule has 0 aliphatic heterocycles. The zero-order valence-corrected chi connectivity index (χ0v) is 8.18. The first-order chi connectivity index (χ1) is 6.18. The van der Waals surface area contributed by atoms with Crippen LogP contribution in [0.4, 0.5) is 0 Å². The Morgan fingerprint density at radius 1 is 1.00 bits per heavy atom. The highest BCUT2D eigenvalue weighted by atomic mass is 16.3. The molecule has 1 heteroatoms. The van der Waals surface area contributed by atoms with Crippen molar-refractivity contribution in [3.63, 3.8) is 0 Å². The van der Waals surface area contributed by atoms with Crippen LogP contribution in [-0.2, 0) is 0 Å². The minimum absolute atomic E-state index is 0.416. The summed E-state index contributed by atoms with van der Waals surface area (Å²) in [5.41, 5.74) is -0.359. The third-order valence-corrected chi connectivity index (χ3v) is 3.90. The molecule has 0 radical (unpaired) electrons. The molecule has 0 heterocycles. The summed E-state index contributed by atoms with van der Waals surface area (Å²) >= 11 is 0. The highest BCUT2D eigenvalue weighted by Gasteiger charge is 2.44. The second kappa shape index (κ2) is 3.03. The Morgan fingerprint density at radius 3 is 2.23 bits per heavy atom. The van der Waals surface area contributed by atoms with Gasteiger partial charge in [0.25, 0.3) is 0 Å².